The highest BCUT2D eigenvalue weighted by Gasteiger charge is 2.42. The molecule has 0 radical (unpaired) electrons. The fourth-order valence-corrected chi connectivity index (χ4v) is 3.24. The normalized spacial score (nSPS) is 19.1. The molecule has 18 heavy (non-hydrogen) atoms. The van der Waals surface area contributed by atoms with Gasteiger partial charge in [0.1, 0.15) is 0 Å². The van der Waals surface area contributed by atoms with E-state index in [4.69, 9.17) is 0 Å². The van der Waals surface area contributed by atoms with Crippen molar-refractivity contribution in [3.05, 3.63) is 33.8 Å². The van der Waals surface area contributed by atoms with Gasteiger partial charge in [0.2, 0.25) is 0 Å². The SMILES string of the molecule is Cc1ccc(C(=O)NC(C2CC2)C2CC2)c(Br)c1. The molecule has 0 bridgehead atoms. The van der Waals surface area contributed by atoms with Gasteiger partial charge in [0.25, 0.3) is 5.91 Å². The van der Waals surface area contributed by atoms with Crippen molar-refractivity contribution in [2.24, 2.45) is 11.8 Å². The number of carbonyl (C=O) groups excluding carboxylic acids is 1. The van der Waals surface area contributed by atoms with Crippen LogP contribution in [0.25, 0.3) is 0 Å². The molecule has 3 rings (SSSR count). The van der Waals surface area contributed by atoms with Crippen LogP contribution in [0.1, 0.15) is 41.6 Å². The predicted molar refractivity (Wildman–Crippen MR) is 75.6 cm³/mol. The summed E-state index contributed by atoms with van der Waals surface area (Å²) in [7, 11) is 0. The average molecular weight is 308 g/mol. The Balaban J connectivity index is 1.73. The molecule has 2 saturated carbocycles. The molecule has 0 unspecified atom stereocenters. The number of hydrogen-bond donors (Lipinski definition) is 1. The number of carbonyl (C=O) groups is 1. The van der Waals surface area contributed by atoms with Crippen LogP contribution >= 0.6 is 15.9 Å². The molecule has 0 aliphatic heterocycles. The van der Waals surface area contributed by atoms with Gasteiger partial charge in [-0.3, -0.25) is 4.79 Å². The van der Waals surface area contributed by atoms with Crippen molar-refractivity contribution in [1.82, 2.24) is 5.32 Å². The van der Waals surface area contributed by atoms with E-state index in [1.54, 1.807) is 0 Å². The first-order valence-electron chi connectivity index (χ1n) is 6.72. The topological polar surface area (TPSA) is 29.1 Å². The lowest BCUT2D eigenvalue weighted by Crippen LogP contribution is -2.38. The van der Waals surface area contributed by atoms with Crippen LogP contribution in [-0.2, 0) is 0 Å². The molecule has 3 heteroatoms. The third-order valence-electron chi connectivity index (χ3n) is 3.93. The van der Waals surface area contributed by atoms with Gasteiger partial charge in [0, 0.05) is 10.5 Å². The van der Waals surface area contributed by atoms with Gasteiger partial charge in [-0.1, -0.05) is 6.07 Å². The van der Waals surface area contributed by atoms with E-state index < -0.39 is 0 Å². The Labute approximate surface area is 116 Å². The van der Waals surface area contributed by atoms with Gasteiger partial charge < -0.3 is 5.32 Å². The first-order chi connectivity index (χ1) is 8.65. The summed E-state index contributed by atoms with van der Waals surface area (Å²) in [6.45, 7) is 2.03. The molecule has 0 heterocycles. The predicted octanol–water partition coefficient (Wildman–Crippen LogP) is 3.68. The van der Waals surface area contributed by atoms with Crippen molar-refractivity contribution in [1.29, 1.82) is 0 Å². The number of nitrogens with one attached hydrogen (secondary N) is 1. The summed E-state index contributed by atoms with van der Waals surface area (Å²) in [6, 6.07) is 6.32. The molecule has 1 N–H and O–H groups in total. The lowest BCUT2D eigenvalue weighted by molar-refractivity contribution is 0.0925. The van der Waals surface area contributed by atoms with Crippen molar-refractivity contribution in [2.75, 3.05) is 0 Å². The monoisotopic (exact) mass is 307 g/mol. The Hall–Kier alpha value is -0.830. The fraction of sp³-hybridized carbons (Fsp3) is 0.533. The maximum Gasteiger partial charge on any atom is 0.252 e. The molecule has 0 spiro atoms. The fourth-order valence-electron chi connectivity index (χ4n) is 2.56. The Morgan fingerprint density at radius 3 is 2.39 bits per heavy atom. The number of halogens is 1. The summed E-state index contributed by atoms with van der Waals surface area (Å²) in [5, 5.41) is 3.25. The Morgan fingerprint density at radius 2 is 1.89 bits per heavy atom. The molecule has 2 nitrogen and oxygen atoms in total. The molecule has 2 fully saturated rings. The van der Waals surface area contributed by atoms with E-state index in [9.17, 15) is 4.79 Å². The number of amides is 1. The highest BCUT2D eigenvalue weighted by Crippen LogP contribution is 2.44. The van der Waals surface area contributed by atoms with E-state index in [-0.39, 0.29) is 5.91 Å². The summed E-state index contributed by atoms with van der Waals surface area (Å²) in [5.41, 5.74) is 1.92. The van der Waals surface area contributed by atoms with E-state index in [1.165, 1.54) is 31.2 Å². The van der Waals surface area contributed by atoms with Gasteiger partial charge in [0.15, 0.2) is 0 Å². The minimum absolute atomic E-state index is 0.0747. The molecule has 96 valence electrons. The van der Waals surface area contributed by atoms with E-state index in [2.05, 4.69) is 21.2 Å². The second-order valence-electron chi connectivity index (χ2n) is 5.66. The smallest absolute Gasteiger partial charge is 0.252 e. The molecule has 1 amide bonds. The van der Waals surface area contributed by atoms with Crippen LogP contribution in [0.2, 0.25) is 0 Å². The van der Waals surface area contributed by atoms with Gasteiger partial charge in [0.05, 0.1) is 5.56 Å². The number of rotatable bonds is 4. The summed E-state index contributed by atoms with van der Waals surface area (Å²) in [4.78, 5) is 12.3. The number of benzene rings is 1. The Kier molecular flexibility index (Phi) is 3.18. The number of hydrogen-bond acceptors (Lipinski definition) is 1. The van der Waals surface area contributed by atoms with Crippen molar-refractivity contribution < 1.29 is 4.79 Å². The lowest BCUT2D eigenvalue weighted by atomic mass is 10.1. The second kappa shape index (κ2) is 4.69. The molecule has 0 saturated heterocycles. The van der Waals surface area contributed by atoms with Crippen LogP contribution in [0, 0.1) is 18.8 Å². The summed E-state index contributed by atoms with van der Waals surface area (Å²) < 4.78 is 0.894. The van der Waals surface area contributed by atoms with Gasteiger partial charge in [-0.25, -0.2) is 0 Å². The third-order valence-corrected chi connectivity index (χ3v) is 4.58. The minimum atomic E-state index is 0.0747. The maximum atomic E-state index is 12.3. The quantitative estimate of drug-likeness (QED) is 0.903. The zero-order valence-corrected chi connectivity index (χ0v) is 12.2. The number of aryl methyl sites for hydroxylation is 1. The molecule has 2 aliphatic rings. The molecule has 1 aromatic carbocycles. The molecular formula is C15H18BrNO. The van der Waals surface area contributed by atoms with E-state index in [1.807, 2.05) is 25.1 Å². The third kappa shape index (κ3) is 2.61. The van der Waals surface area contributed by atoms with Crippen LogP contribution in [0.4, 0.5) is 0 Å². The van der Waals surface area contributed by atoms with Crippen LogP contribution in [0.3, 0.4) is 0 Å². The van der Waals surface area contributed by atoms with Crippen molar-refractivity contribution >= 4 is 21.8 Å². The molecule has 1 aromatic rings. The molecular weight excluding hydrogens is 290 g/mol. The summed E-state index contributed by atoms with van der Waals surface area (Å²) in [5.74, 6) is 1.56. The van der Waals surface area contributed by atoms with Gasteiger partial charge in [-0.15, -0.1) is 0 Å². The zero-order chi connectivity index (χ0) is 12.7. The van der Waals surface area contributed by atoms with Crippen molar-refractivity contribution in [2.45, 2.75) is 38.6 Å². The van der Waals surface area contributed by atoms with Gasteiger partial charge in [-0.2, -0.15) is 0 Å². The summed E-state index contributed by atoms with van der Waals surface area (Å²) in [6.07, 6.45) is 5.15. The van der Waals surface area contributed by atoms with Crippen LogP contribution in [0.5, 0.6) is 0 Å². The highest BCUT2D eigenvalue weighted by atomic mass is 79.9. The largest absolute Gasteiger partial charge is 0.349 e. The van der Waals surface area contributed by atoms with Crippen LogP contribution < -0.4 is 5.32 Å². The maximum absolute atomic E-state index is 12.3. The lowest BCUT2D eigenvalue weighted by Gasteiger charge is -2.18. The molecule has 0 atom stereocenters. The first-order valence-corrected chi connectivity index (χ1v) is 7.51. The van der Waals surface area contributed by atoms with Crippen LogP contribution in [-0.4, -0.2) is 11.9 Å². The van der Waals surface area contributed by atoms with E-state index in [0.717, 1.165) is 21.9 Å². The first kappa shape index (κ1) is 12.2. The van der Waals surface area contributed by atoms with E-state index >= 15 is 0 Å². The van der Waals surface area contributed by atoms with Crippen molar-refractivity contribution in [3.8, 4) is 0 Å². The van der Waals surface area contributed by atoms with Gasteiger partial charge >= 0.3 is 0 Å². The minimum Gasteiger partial charge on any atom is -0.349 e. The van der Waals surface area contributed by atoms with Crippen molar-refractivity contribution in [3.63, 3.8) is 0 Å². The molecule has 2 aliphatic carbocycles. The Morgan fingerprint density at radius 1 is 1.28 bits per heavy atom. The standard InChI is InChI=1S/C15H18BrNO/c1-9-2-7-12(13(16)8-9)15(18)17-14(10-3-4-10)11-5-6-11/h2,7-8,10-11,14H,3-6H2,1H3,(H,17,18). The molecule has 0 aromatic heterocycles. The van der Waals surface area contributed by atoms with E-state index in [0.29, 0.717) is 6.04 Å². The zero-order valence-electron chi connectivity index (χ0n) is 10.6. The van der Waals surface area contributed by atoms with Gasteiger partial charge in [-0.05, 0) is 78.1 Å². The second-order valence-corrected chi connectivity index (χ2v) is 6.51. The average Bonchev–Trinajstić information content (AvgIpc) is 3.17. The highest BCUT2D eigenvalue weighted by molar-refractivity contribution is 9.10. The van der Waals surface area contributed by atoms with Crippen LogP contribution in [0.15, 0.2) is 22.7 Å². The summed E-state index contributed by atoms with van der Waals surface area (Å²) >= 11 is 3.48. The Bertz CT molecular complexity index is 465.